The molecule has 0 aliphatic carbocycles. The van der Waals surface area contributed by atoms with E-state index in [9.17, 15) is 9.59 Å². The molecule has 5 nitrogen and oxygen atoms in total. The number of nitrogens with two attached hydrogens (primary N) is 1. The third-order valence-electron chi connectivity index (χ3n) is 1.47. The van der Waals surface area contributed by atoms with Crippen molar-refractivity contribution in [2.24, 2.45) is 5.73 Å². The molecular formula is C8H10N2O3S. The molecule has 0 aliphatic rings. The van der Waals surface area contributed by atoms with Crippen molar-refractivity contribution in [1.82, 2.24) is 4.98 Å². The predicted octanol–water partition coefficient (Wildman–Crippen LogP) is 0.727. The highest BCUT2D eigenvalue weighted by Crippen LogP contribution is 2.18. The second-order valence-corrected chi connectivity index (χ2v) is 3.52. The lowest BCUT2D eigenvalue weighted by molar-refractivity contribution is 0.0531. The van der Waals surface area contributed by atoms with Crippen molar-refractivity contribution in [3.63, 3.8) is 0 Å². The fraction of sp³-hybridized carbons (Fsp3) is 0.375. The Bertz CT molecular complexity index is 373. The van der Waals surface area contributed by atoms with Gasteiger partial charge in [-0.1, -0.05) is 0 Å². The summed E-state index contributed by atoms with van der Waals surface area (Å²) < 4.78 is 4.78. The van der Waals surface area contributed by atoms with Crippen LogP contribution in [0.5, 0.6) is 0 Å². The molecule has 0 atom stereocenters. The van der Waals surface area contributed by atoms with Crippen LogP contribution in [0.25, 0.3) is 0 Å². The zero-order valence-electron chi connectivity index (χ0n) is 7.86. The number of thiazole rings is 1. The maximum absolute atomic E-state index is 11.3. The minimum absolute atomic E-state index is 0.130. The number of carbonyl (C=O) groups is 2. The highest BCUT2D eigenvalue weighted by atomic mass is 32.1. The average molecular weight is 214 g/mol. The molecule has 0 fully saturated rings. The average Bonchev–Trinajstić information content (AvgIpc) is 2.48. The summed E-state index contributed by atoms with van der Waals surface area (Å²) in [5.41, 5.74) is 5.50. The van der Waals surface area contributed by atoms with Crippen molar-refractivity contribution in [3.8, 4) is 0 Å². The van der Waals surface area contributed by atoms with Crippen LogP contribution in [0.1, 0.15) is 32.1 Å². The number of amides is 1. The lowest BCUT2D eigenvalue weighted by atomic mass is 10.4. The molecule has 0 saturated heterocycles. The van der Waals surface area contributed by atoms with Gasteiger partial charge in [0.1, 0.15) is 4.88 Å². The summed E-state index contributed by atoms with van der Waals surface area (Å²) in [7, 11) is 0. The third kappa shape index (κ3) is 2.08. The Morgan fingerprint density at radius 3 is 2.64 bits per heavy atom. The Morgan fingerprint density at radius 2 is 2.21 bits per heavy atom. The maximum atomic E-state index is 11.3. The highest BCUT2D eigenvalue weighted by molar-refractivity contribution is 7.15. The summed E-state index contributed by atoms with van der Waals surface area (Å²) in [6, 6.07) is 0. The van der Waals surface area contributed by atoms with Crippen molar-refractivity contribution in [1.29, 1.82) is 0 Å². The van der Waals surface area contributed by atoms with E-state index >= 15 is 0 Å². The summed E-state index contributed by atoms with van der Waals surface area (Å²) in [6.07, 6.45) is 0. The molecule has 14 heavy (non-hydrogen) atoms. The van der Waals surface area contributed by atoms with E-state index in [1.807, 2.05) is 0 Å². The standard InChI is InChI=1S/C8H10N2O3S/c1-3-13-8(12)5-4(2)10-7(14-5)6(9)11/h3H2,1-2H3,(H2,9,11). The predicted molar refractivity (Wildman–Crippen MR) is 51.3 cm³/mol. The van der Waals surface area contributed by atoms with Gasteiger partial charge in [-0.05, 0) is 13.8 Å². The minimum Gasteiger partial charge on any atom is -0.462 e. The Kier molecular flexibility index (Phi) is 3.19. The van der Waals surface area contributed by atoms with Crippen LogP contribution in [0.4, 0.5) is 0 Å². The molecule has 1 heterocycles. The molecule has 76 valence electrons. The molecule has 6 heteroatoms. The van der Waals surface area contributed by atoms with E-state index in [2.05, 4.69) is 4.98 Å². The van der Waals surface area contributed by atoms with Crippen LogP contribution in [0, 0.1) is 6.92 Å². The van der Waals surface area contributed by atoms with E-state index in [1.165, 1.54) is 0 Å². The topological polar surface area (TPSA) is 82.3 Å². The first-order valence-electron chi connectivity index (χ1n) is 4.00. The zero-order valence-corrected chi connectivity index (χ0v) is 8.68. The lowest BCUT2D eigenvalue weighted by Gasteiger charge is -1.97. The number of aromatic nitrogens is 1. The van der Waals surface area contributed by atoms with Crippen molar-refractivity contribution in [2.75, 3.05) is 6.61 Å². The summed E-state index contributed by atoms with van der Waals surface area (Å²) >= 11 is 0.955. The van der Waals surface area contributed by atoms with Gasteiger partial charge in [-0.25, -0.2) is 9.78 Å². The van der Waals surface area contributed by atoms with E-state index in [0.29, 0.717) is 17.2 Å². The van der Waals surface area contributed by atoms with E-state index in [-0.39, 0.29) is 5.01 Å². The largest absolute Gasteiger partial charge is 0.462 e. The van der Waals surface area contributed by atoms with Crippen molar-refractivity contribution < 1.29 is 14.3 Å². The van der Waals surface area contributed by atoms with Gasteiger partial charge in [0.2, 0.25) is 0 Å². The van der Waals surface area contributed by atoms with Crippen LogP contribution < -0.4 is 5.73 Å². The van der Waals surface area contributed by atoms with Crippen LogP contribution in [0.3, 0.4) is 0 Å². The highest BCUT2D eigenvalue weighted by Gasteiger charge is 2.18. The molecule has 0 unspecified atom stereocenters. The second-order valence-electron chi connectivity index (χ2n) is 2.52. The smallest absolute Gasteiger partial charge is 0.350 e. The summed E-state index contributed by atoms with van der Waals surface area (Å²) in [5.74, 6) is -1.09. The first-order chi connectivity index (χ1) is 6.56. The van der Waals surface area contributed by atoms with Crippen LogP contribution in [-0.4, -0.2) is 23.5 Å². The molecule has 0 saturated carbocycles. The summed E-state index contributed by atoms with van der Waals surface area (Å²) in [5, 5.41) is 0.130. The summed E-state index contributed by atoms with van der Waals surface area (Å²) in [4.78, 5) is 26.3. The molecule has 0 aromatic carbocycles. The molecule has 0 aliphatic heterocycles. The van der Waals surface area contributed by atoms with Gasteiger partial charge < -0.3 is 10.5 Å². The monoisotopic (exact) mass is 214 g/mol. The second kappa shape index (κ2) is 4.19. The van der Waals surface area contributed by atoms with E-state index in [0.717, 1.165) is 11.3 Å². The van der Waals surface area contributed by atoms with E-state index in [1.54, 1.807) is 13.8 Å². The van der Waals surface area contributed by atoms with Gasteiger partial charge in [0.15, 0.2) is 5.01 Å². The number of carbonyl (C=O) groups excluding carboxylic acids is 2. The Labute approximate surface area is 84.9 Å². The zero-order chi connectivity index (χ0) is 10.7. The van der Waals surface area contributed by atoms with Crippen molar-refractivity contribution >= 4 is 23.2 Å². The van der Waals surface area contributed by atoms with Crippen LogP contribution >= 0.6 is 11.3 Å². The van der Waals surface area contributed by atoms with Gasteiger partial charge in [-0.2, -0.15) is 0 Å². The molecule has 1 aromatic heterocycles. The Balaban J connectivity index is 2.98. The van der Waals surface area contributed by atoms with Crippen molar-refractivity contribution in [3.05, 3.63) is 15.6 Å². The normalized spacial score (nSPS) is 9.86. The summed E-state index contributed by atoms with van der Waals surface area (Å²) in [6.45, 7) is 3.64. The maximum Gasteiger partial charge on any atom is 0.350 e. The molecule has 1 rings (SSSR count). The van der Waals surface area contributed by atoms with Crippen LogP contribution in [-0.2, 0) is 4.74 Å². The fourth-order valence-corrected chi connectivity index (χ4v) is 1.70. The Hall–Kier alpha value is -1.43. The SMILES string of the molecule is CCOC(=O)c1sc(C(N)=O)nc1C. The Morgan fingerprint density at radius 1 is 1.57 bits per heavy atom. The van der Waals surface area contributed by atoms with Gasteiger partial charge in [0.05, 0.1) is 12.3 Å². The number of esters is 1. The number of primary amides is 1. The molecule has 0 bridgehead atoms. The number of rotatable bonds is 3. The molecule has 0 spiro atoms. The molecule has 1 amide bonds. The minimum atomic E-state index is -0.631. The van der Waals surface area contributed by atoms with Gasteiger partial charge in [-0.15, -0.1) is 11.3 Å². The fourth-order valence-electron chi connectivity index (χ4n) is 0.888. The number of nitrogens with zero attached hydrogens (tertiary/aromatic N) is 1. The van der Waals surface area contributed by atoms with Gasteiger partial charge >= 0.3 is 5.97 Å². The number of ether oxygens (including phenoxy) is 1. The van der Waals surface area contributed by atoms with E-state index < -0.39 is 11.9 Å². The van der Waals surface area contributed by atoms with Gasteiger partial charge in [-0.3, -0.25) is 4.79 Å². The van der Waals surface area contributed by atoms with Crippen molar-refractivity contribution in [2.45, 2.75) is 13.8 Å². The van der Waals surface area contributed by atoms with Gasteiger partial charge in [0.25, 0.3) is 5.91 Å². The molecular weight excluding hydrogens is 204 g/mol. The number of hydrogen-bond donors (Lipinski definition) is 1. The number of aryl methyl sites for hydroxylation is 1. The lowest BCUT2D eigenvalue weighted by Crippen LogP contribution is -2.10. The first-order valence-corrected chi connectivity index (χ1v) is 4.82. The number of hydrogen-bond acceptors (Lipinski definition) is 5. The third-order valence-corrected chi connectivity index (χ3v) is 2.62. The van der Waals surface area contributed by atoms with Crippen LogP contribution in [0.2, 0.25) is 0 Å². The molecule has 2 N–H and O–H groups in total. The van der Waals surface area contributed by atoms with Crippen LogP contribution in [0.15, 0.2) is 0 Å². The van der Waals surface area contributed by atoms with Gasteiger partial charge in [0, 0.05) is 0 Å². The molecule has 1 aromatic rings. The molecule has 0 radical (unpaired) electrons. The first kappa shape index (κ1) is 10.6. The van der Waals surface area contributed by atoms with E-state index in [4.69, 9.17) is 10.5 Å². The quantitative estimate of drug-likeness (QED) is 0.752.